The van der Waals surface area contributed by atoms with E-state index in [1.54, 1.807) is 7.11 Å². The highest BCUT2D eigenvalue weighted by molar-refractivity contribution is 5.28. The van der Waals surface area contributed by atoms with Crippen molar-refractivity contribution in [3.05, 3.63) is 11.9 Å². The van der Waals surface area contributed by atoms with E-state index in [1.165, 1.54) is 0 Å². The van der Waals surface area contributed by atoms with E-state index in [2.05, 4.69) is 47.7 Å². The molecule has 0 radical (unpaired) electrons. The lowest BCUT2D eigenvalue weighted by Crippen LogP contribution is -2.29. The fourth-order valence-electron chi connectivity index (χ4n) is 2.53. The molecule has 0 aromatic carbocycles. The molecule has 0 saturated carbocycles. The van der Waals surface area contributed by atoms with Crippen LogP contribution in [0.1, 0.15) is 51.9 Å². The normalized spacial score (nSPS) is 13.2. The second kappa shape index (κ2) is 8.27. The fraction of sp³-hybridized carbons (Fsp3) is 0.800. The average Bonchev–Trinajstić information content (AvgIpc) is 2.88. The summed E-state index contributed by atoms with van der Waals surface area (Å²) in [6.45, 7) is 12.0. The molecule has 0 saturated heterocycles. The molecule has 0 bridgehead atoms. The molecule has 0 amide bonds. The summed E-state index contributed by atoms with van der Waals surface area (Å²) in [6, 6.07) is 0.591. The first-order valence-corrected chi connectivity index (χ1v) is 7.59. The van der Waals surface area contributed by atoms with E-state index in [-0.39, 0.29) is 6.04 Å². The number of nitrogens with one attached hydrogen (secondary N) is 1. The van der Waals surface area contributed by atoms with Crippen LogP contribution in [0.25, 0.3) is 0 Å². The third kappa shape index (κ3) is 3.96. The first-order valence-electron chi connectivity index (χ1n) is 7.59. The zero-order valence-electron chi connectivity index (χ0n) is 13.8. The van der Waals surface area contributed by atoms with Crippen LogP contribution < -0.4 is 10.1 Å². The van der Waals surface area contributed by atoms with Crippen LogP contribution in [0.2, 0.25) is 0 Å². The van der Waals surface area contributed by atoms with E-state index in [0.29, 0.717) is 6.04 Å². The highest BCUT2D eigenvalue weighted by Crippen LogP contribution is 2.29. The molecule has 116 valence electrons. The molecule has 1 N–H and O–H groups in total. The van der Waals surface area contributed by atoms with Gasteiger partial charge in [0.15, 0.2) is 5.75 Å². The summed E-state index contributed by atoms with van der Waals surface area (Å²) in [5, 5.41) is 7.87. The molecule has 0 spiro atoms. The molecule has 5 heteroatoms. The van der Waals surface area contributed by atoms with E-state index >= 15 is 0 Å². The van der Waals surface area contributed by atoms with E-state index in [1.807, 2.05) is 13.2 Å². The van der Waals surface area contributed by atoms with Crippen molar-refractivity contribution in [3.63, 3.8) is 0 Å². The molecule has 1 heterocycles. The Bertz CT molecular complexity index is 385. The van der Waals surface area contributed by atoms with Gasteiger partial charge in [0.2, 0.25) is 0 Å². The van der Waals surface area contributed by atoms with Crippen molar-refractivity contribution in [2.24, 2.45) is 0 Å². The SMILES string of the molecule is CCN(CC)CCC(NC)c1c(OC)cnn1C(C)C. The number of hydrogen-bond acceptors (Lipinski definition) is 4. The van der Waals surface area contributed by atoms with Gasteiger partial charge in [-0.15, -0.1) is 0 Å². The molecule has 5 nitrogen and oxygen atoms in total. The highest BCUT2D eigenvalue weighted by atomic mass is 16.5. The van der Waals surface area contributed by atoms with Gasteiger partial charge >= 0.3 is 0 Å². The average molecular weight is 282 g/mol. The van der Waals surface area contributed by atoms with Crippen LogP contribution in [0, 0.1) is 0 Å². The van der Waals surface area contributed by atoms with Gasteiger partial charge in [-0.1, -0.05) is 13.8 Å². The van der Waals surface area contributed by atoms with Gasteiger partial charge in [-0.3, -0.25) is 4.68 Å². The van der Waals surface area contributed by atoms with Crippen molar-refractivity contribution in [2.45, 2.75) is 46.2 Å². The largest absolute Gasteiger partial charge is 0.493 e. The summed E-state index contributed by atoms with van der Waals surface area (Å²) < 4.78 is 7.54. The van der Waals surface area contributed by atoms with Crippen LogP contribution in [-0.4, -0.2) is 48.5 Å². The molecule has 0 aliphatic rings. The molecule has 0 aliphatic heterocycles. The number of ether oxygens (including phenoxy) is 1. The standard InChI is InChI=1S/C15H30N4O/c1-7-18(8-2)10-9-13(16-5)15-14(20-6)11-17-19(15)12(3)4/h11-13,16H,7-10H2,1-6H3. The zero-order chi connectivity index (χ0) is 15.1. The van der Waals surface area contributed by atoms with Crippen molar-refractivity contribution in [3.8, 4) is 5.75 Å². The van der Waals surface area contributed by atoms with Gasteiger partial charge in [0, 0.05) is 6.04 Å². The van der Waals surface area contributed by atoms with Gasteiger partial charge in [0.1, 0.15) is 0 Å². The summed E-state index contributed by atoms with van der Waals surface area (Å²) in [5.41, 5.74) is 1.15. The lowest BCUT2D eigenvalue weighted by Gasteiger charge is -2.24. The number of hydrogen-bond donors (Lipinski definition) is 1. The second-order valence-corrected chi connectivity index (χ2v) is 5.29. The van der Waals surface area contributed by atoms with Gasteiger partial charge < -0.3 is 15.0 Å². The predicted octanol–water partition coefficient (Wildman–Crippen LogP) is 2.46. The first kappa shape index (κ1) is 17.0. The van der Waals surface area contributed by atoms with Crippen LogP contribution in [0.4, 0.5) is 0 Å². The van der Waals surface area contributed by atoms with Crippen molar-refractivity contribution in [1.82, 2.24) is 20.0 Å². The number of rotatable bonds is 9. The lowest BCUT2D eigenvalue weighted by molar-refractivity contribution is 0.278. The first-order chi connectivity index (χ1) is 9.58. The van der Waals surface area contributed by atoms with Gasteiger partial charge in [0.25, 0.3) is 0 Å². The van der Waals surface area contributed by atoms with Crippen LogP contribution in [0.5, 0.6) is 5.75 Å². The van der Waals surface area contributed by atoms with Gasteiger partial charge in [-0.05, 0) is 47.0 Å². The van der Waals surface area contributed by atoms with E-state index in [0.717, 1.165) is 37.5 Å². The Morgan fingerprint density at radius 3 is 2.45 bits per heavy atom. The number of methoxy groups -OCH3 is 1. The maximum atomic E-state index is 5.48. The van der Waals surface area contributed by atoms with Crippen molar-refractivity contribution >= 4 is 0 Å². The van der Waals surface area contributed by atoms with E-state index in [9.17, 15) is 0 Å². The van der Waals surface area contributed by atoms with Gasteiger partial charge in [-0.2, -0.15) is 5.10 Å². The van der Waals surface area contributed by atoms with Crippen molar-refractivity contribution in [2.75, 3.05) is 33.8 Å². The minimum atomic E-state index is 0.260. The molecule has 1 aromatic heterocycles. The smallest absolute Gasteiger partial charge is 0.161 e. The zero-order valence-corrected chi connectivity index (χ0v) is 13.8. The van der Waals surface area contributed by atoms with Crippen molar-refractivity contribution < 1.29 is 4.74 Å². The van der Waals surface area contributed by atoms with Gasteiger partial charge in [0.05, 0.1) is 25.0 Å². The van der Waals surface area contributed by atoms with E-state index in [4.69, 9.17) is 4.74 Å². The fourth-order valence-corrected chi connectivity index (χ4v) is 2.53. The van der Waals surface area contributed by atoms with E-state index < -0.39 is 0 Å². The number of nitrogens with zero attached hydrogens (tertiary/aromatic N) is 3. The molecule has 1 unspecified atom stereocenters. The van der Waals surface area contributed by atoms with Gasteiger partial charge in [-0.25, -0.2) is 0 Å². The highest BCUT2D eigenvalue weighted by Gasteiger charge is 2.22. The lowest BCUT2D eigenvalue weighted by atomic mass is 10.1. The topological polar surface area (TPSA) is 42.3 Å². The van der Waals surface area contributed by atoms with Crippen LogP contribution >= 0.6 is 0 Å². The summed E-state index contributed by atoms with van der Waals surface area (Å²) in [4.78, 5) is 2.44. The summed E-state index contributed by atoms with van der Waals surface area (Å²) >= 11 is 0. The molecular formula is C15H30N4O. The molecular weight excluding hydrogens is 252 g/mol. The Labute approximate surface area is 123 Å². The predicted molar refractivity (Wildman–Crippen MR) is 83.4 cm³/mol. The monoisotopic (exact) mass is 282 g/mol. The maximum Gasteiger partial charge on any atom is 0.161 e. The van der Waals surface area contributed by atoms with Crippen LogP contribution in [-0.2, 0) is 0 Å². The molecule has 0 aliphatic carbocycles. The maximum absolute atomic E-state index is 5.48. The summed E-state index contributed by atoms with van der Waals surface area (Å²) in [6.07, 6.45) is 2.87. The van der Waals surface area contributed by atoms with Crippen LogP contribution in [0.3, 0.4) is 0 Å². The third-order valence-electron chi connectivity index (χ3n) is 3.81. The Balaban J connectivity index is 2.90. The Kier molecular flexibility index (Phi) is 7.02. The molecule has 0 fully saturated rings. The Morgan fingerprint density at radius 1 is 1.35 bits per heavy atom. The number of aromatic nitrogens is 2. The summed E-state index contributed by atoms with van der Waals surface area (Å²) in [5.74, 6) is 0.873. The second-order valence-electron chi connectivity index (χ2n) is 5.29. The molecule has 1 atom stereocenters. The molecule has 1 rings (SSSR count). The third-order valence-corrected chi connectivity index (χ3v) is 3.81. The minimum Gasteiger partial charge on any atom is -0.493 e. The Hall–Kier alpha value is -1.07. The van der Waals surface area contributed by atoms with Crippen molar-refractivity contribution in [1.29, 1.82) is 0 Å². The van der Waals surface area contributed by atoms with Crippen LogP contribution in [0.15, 0.2) is 6.20 Å². The Morgan fingerprint density at radius 2 is 2.00 bits per heavy atom. The molecule has 20 heavy (non-hydrogen) atoms. The summed E-state index contributed by atoms with van der Waals surface area (Å²) in [7, 11) is 3.71. The molecule has 1 aromatic rings. The quantitative estimate of drug-likeness (QED) is 0.755. The minimum absolute atomic E-state index is 0.260.